The highest BCUT2D eigenvalue weighted by Gasteiger charge is 2.20. The van der Waals surface area contributed by atoms with Gasteiger partial charge in [-0.15, -0.1) is 10.2 Å². The molecule has 31 heavy (non-hydrogen) atoms. The molecule has 0 spiro atoms. The molecule has 158 valence electrons. The lowest BCUT2D eigenvalue weighted by atomic mass is 10.0. The van der Waals surface area contributed by atoms with Gasteiger partial charge < -0.3 is 5.32 Å². The van der Waals surface area contributed by atoms with E-state index in [9.17, 15) is 9.59 Å². The topological polar surface area (TPSA) is 76.4 Å². The molecule has 4 aromatic rings. The molecule has 0 saturated heterocycles. The van der Waals surface area contributed by atoms with Crippen LogP contribution in [-0.2, 0) is 4.79 Å². The zero-order valence-electron chi connectivity index (χ0n) is 18.2. The van der Waals surface area contributed by atoms with E-state index in [1.165, 1.54) is 24.2 Å². The molecule has 1 N–H and O–H groups in total. The number of rotatable bonds is 5. The SMILES string of the molecule is CC(=O)c1cccc(NC(=O)C(C)Sc2nnc3cc(C)c4cc(C)cc(C)c4n23)c1. The quantitative estimate of drug-likeness (QED) is 0.349. The molecule has 4 rings (SSSR count). The summed E-state index contributed by atoms with van der Waals surface area (Å²) in [6.07, 6.45) is 0. The fourth-order valence-electron chi connectivity index (χ4n) is 3.76. The van der Waals surface area contributed by atoms with Crippen molar-refractivity contribution in [2.24, 2.45) is 0 Å². The number of fused-ring (bicyclic) bond motifs is 3. The Bertz CT molecular complexity index is 1340. The number of benzene rings is 2. The first-order valence-corrected chi connectivity index (χ1v) is 11.0. The van der Waals surface area contributed by atoms with Crippen LogP contribution in [0.25, 0.3) is 16.6 Å². The van der Waals surface area contributed by atoms with E-state index in [-0.39, 0.29) is 11.7 Å². The lowest BCUT2D eigenvalue weighted by Crippen LogP contribution is -2.22. The van der Waals surface area contributed by atoms with Crippen LogP contribution in [0.15, 0.2) is 47.6 Å². The van der Waals surface area contributed by atoms with Crippen LogP contribution in [0.2, 0.25) is 0 Å². The molecule has 0 bridgehead atoms. The highest BCUT2D eigenvalue weighted by molar-refractivity contribution is 8.00. The van der Waals surface area contributed by atoms with Crippen molar-refractivity contribution in [1.29, 1.82) is 0 Å². The number of anilines is 1. The molecular weight excluding hydrogens is 408 g/mol. The maximum Gasteiger partial charge on any atom is 0.237 e. The number of ketones is 1. The van der Waals surface area contributed by atoms with Crippen LogP contribution in [0.3, 0.4) is 0 Å². The normalized spacial score (nSPS) is 12.3. The summed E-state index contributed by atoms with van der Waals surface area (Å²) in [6.45, 7) is 9.59. The molecule has 1 atom stereocenters. The molecule has 7 heteroatoms. The van der Waals surface area contributed by atoms with Gasteiger partial charge in [-0.3, -0.25) is 14.0 Å². The van der Waals surface area contributed by atoms with Gasteiger partial charge in [-0.2, -0.15) is 0 Å². The number of nitrogens with one attached hydrogen (secondary N) is 1. The Balaban J connectivity index is 1.65. The van der Waals surface area contributed by atoms with Gasteiger partial charge in [-0.25, -0.2) is 0 Å². The van der Waals surface area contributed by atoms with E-state index in [0.717, 1.165) is 27.7 Å². The second-order valence-corrected chi connectivity index (χ2v) is 9.18. The lowest BCUT2D eigenvalue weighted by Gasteiger charge is -2.14. The van der Waals surface area contributed by atoms with E-state index in [2.05, 4.69) is 48.4 Å². The van der Waals surface area contributed by atoms with Gasteiger partial charge in [0, 0.05) is 16.6 Å². The number of Topliss-reactive ketones (excluding diaryl/α,β-unsaturated/α-hetero) is 1. The van der Waals surface area contributed by atoms with E-state index in [1.54, 1.807) is 24.3 Å². The first-order chi connectivity index (χ1) is 14.7. The average molecular weight is 433 g/mol. The Kier molecular flexibility index (Phi) is 5.54. The average Bonchev–Trinajstić information content (AvgIpc) is 3.10. The number of carbonyl (C=O) groups is 2. The summed E-state index contributed by atoms with van der Waals surface area (Å²) in [5, 5.41) is 13.0. The van der Waals surface area contributed by atoms with E-state index >= 15 is 0 Å². The van der Waals surface area contributed by atoms with Crippen molar-refractivity contribution < 1.29 is 9.59 Å². The van der Waals surface area contributed by atoms with Gasteiger partial charge in [0.15, 0.2) is 16.6 Å². The minimum Gasteiger partial charge on any atom is -0.325 e. The smallest absolute Gasteiger partial charge is 0.237 e. The van der Waals surface area contributed by atoms with Gasteiger partial charge in [0.2, 0.25) is 5.91 Å². The number of thioether (sulfide) groups is 1. The molecule has 0 aliphatic carbocycles. The van der Waals surface area contributed by atoms with Gasteiger partial charge in [0.1, 0.15) is 0 Å². The molecule has 0 saturated carbocycles. The number of hydrogen-bond donors (Lipinski definition) is 1. The lowest BCUT2D eigenvalue weighted by molar-refractivity contribution is -0.115. The highest BCUT2D eigenvalue weighted by atomic mass is 32.2. The van der Waals surface area contributed by atoms with Crippen LogP contribution in [0.1, 0.15) is 40.9 Å². The van der Waals surface area contributed by atoms with Crippen LogP contribution in [0.5, 0.6) is 0 Å². The Morgan fingerprint density at radius 1 is 1.03 bits per heavy atom. The second-order valence-electron chi connectivity index (χ2n) is 7.87. The first-order valence-electron chi connectivity index (χ1n) is 10.1. The van der Waals surface area contributed by atoms with Crippen molar-refractivity contribution >= 4 is 45.7 Å². The fraction of sp³-hybridized carbons (Fsp3) is 0.250. The van der Waals surface area contributed by atoms with Crippen molar-refractivity contribution in [2.45, 2.75) is 45.0 Å². The molecule has 2 aromatic carbocycles. The minimum absolute atomic E-state index is 0.0405. The molecule has 2 aromatic heterocycles. The van der Waals surface area contributed by atoms with Gasteiger partial charge >= 0.3 is 0 Å². The van der Waals surface area contributed by atoms with Gasteiger partial charge in [-0.1, -0.05) is 35.5 Å². The first kappa shape index (κ1) is 21.1. The van der Waals surface area contributed by atoms with Crippen LogP contribution < -0.4 is 5.32 Å². The summed E-state index contributed by atoms with van der Waals surface area (Å²) < 4.78 is 2.03. The van der Waals surface area contributed by atoms with Crippen molar-refractivity contribution in [1.82, 2.24) is 14.6 Å². The number of carbonyl (C=O) groups excluding carboxylic acids is 2. The number of amides is 1. The number of nitrogens with zero attached hydrogens (tertiary/aromatic N) is 3. The number of aromatic nitrogens is 3. The number of pyridine rings is 1. The zero-order chi connectivity index (χ0) is 22.3. The third-order valence-corrected chi connectivity index (χ3v) is 6.33. The monoisotopic (exact) mass is 432 g/mol. The second kappa shape index (κ2) is 8.15. The van der Waals surface area contributed by atoms with Crippen LogP contribution in [0.4, 0.5) is 5.69 Å². The summed E-state index contributed by atoms with van der Waals surface area (Å²) in [6, 6.07) is 13.3. The van der Waals surface area contributed by atoms with Crippen molar-refractivity contribution in [2.75, 3.05) is 5.32 Å². The van der Waals surface area contributed by atoms with E-state index in [0.29, 0.717) is 16.4 Å². The Hall–Kier alpha value is -3.19. The molecule has 0 fully saturated rings. The van der Waals surface area contributed by atoms with Crippen molar-refractivity contribution in [3.8, 4) is 0 Å². The van der Waals surface area contributed by atoms with Crippen LogP contribution in [-0.4, -0.2) is 31.5 Å². The third-order valence-electron chi connectivity index (χ3n) is 5.29. The summed E-state index contributed by atoms with van der Waals surface area (Å²) >= 11 is 1.36. The van der Waals surface area contributed by atoms with Crippen LogP contribution >= 0.6 is 11.8 Å². The Morgan fingerprint density at radius 2 is 1.81 bits per heavy atom. The standard InChI is InChI=1S/C24H24N4O2S/c1-13-9-15(3)22-20(10-13)14(2)11-21-26-27-24(28(21)22)31-17(5)23(30)25-19-8-6-7-18(12-19)16(4)29/h6-12,17H,1-5H3,(H,25,30). The molecule has 0 radical (unpaired) electrons. The Morgan fingerprint density at radius 3 is 2.55 bits per heavy atom. The zero-order valence-corrected chi connectivity index (χ0v) is 19.0. The number of hydrogen-bond acceptors (Lipinski definition) is 5. The van der Waals surface area contributed by atoms with Crippen LogP contribution in [0, 0.1) is 20.8 Å². The predicted molar refractivity (Wildman–Crippen MR) is 125 cm³/mol. The molecular formula is C24H24N4O2S. The summed E-state index contributed by atoms with van der Waals surface area (Å²) in [5.41, 5.74) is 6.49. The third kappa shape index (κ3) is 4.05. The van der Waals surface area contributed by atoms with Crippen molar-refractivity contribution in [3.05, 3.63) is 64.7 Å². The highest BCUT2D eigenvalue weighted by Crippen LogP contribution is 2.30. The summed E-state index contributed by atoms with van der Waals surface area (Å²) in [5.74, 6) is -0.201. The summed E-state index contributed by atoms with van der Waals surface area (Å²) in [7, 11) is 0. The van der Waals surface area contributed by atoms with Crippen molar-refractivity contribution in [3.63, 3.8) is 0 Å². The van der Waals surface area contributed by atoms with Gasteiger partial charge in [-0.05, 0) is 70.0 Å². The molecule has 6 nitrogen and oxygen atoms in total. The largest absolute Gasteiger partial charge is 0.325 e. The molecule has 1 unspecified atom stereocenters. The Labute approximate surface area is 185 Å². The maximum absolute atomic E-state index is 12.8. The molecule has 1 amide bonds. The predicted octanol–water partition coefficient (Wildman–Crippen LogP) is 5.13. The van der Waals surface area contributed by atoms with E-state index in [4.69, 9.17) is 0 Å². The maximum atomic E-state index is 12.8. The van der Waals surface area contributed by atoms with Gasteiger partial charge in [0.25, 0.3) is 0 Å². The van der Waals surface area contributed by atoms with E-state index < -0.39 is 5.25 Å². The van der Waals surface area contributed by atoms with E-state index in [1.807, 2.05) is 17.4 Å². The number of aryl methyl sites for hydroxylation is 3. The molecule has 0 aliphatic heterocycles. The summed E-state index contributed by atoms with van der Waals surface area (Å²) in [4.78, 5) is 24.4. The fourth-order valence-corrected chi connectivity index (χ4v) is 4.62. The van der Waals surface area contributed by atoms with Gasteiger partial charge in [0.05, 0.1) is 10.8 Å². The molecule has 2 heterocycles. The molecule has 0 aliphatic rings. The minimum atomic E-state index is -0.407.